The molecule has 3 saturated heterocycles. The van der Waals surface area contributed by atoms with Gasteiger partial charge in [0.05, 0.1) is 28.9 Å². The Bertz CT molecular complexity index is 2690. The van der Waals surface area contributed by atoms with Gasteiger partial charge in [0.25, 0.3) is 17.7 Å². The number of imide groups is 2. The molecular formula is C51H58FN9O6. The standard InChI is InChI=1S/C51H58FN9O6/c1-50(2)48(51(3,4)49(50)67-41-16-13-38(53-5)43-35(41)9-8-20-54-43)56-44(63)31-10-14-39(37(52)25-31)58-21-18-30(19-22-58)27-59-23-24-60(29-33(59)28-57(6)7)32-11-12-34-36(26-32)47(66)61(46(34)65)40-15-17-42(62)55-45(40)64/h8-14,16,20,25-26,30,33,40,48-49H,15,17-19,21-24,27-29H2,1-4,6-7H3,(H,56,63)(H,55,62,64)/t33-,40?,48?,49?/m0/s1. The van der Waals surface area contributed by atoms with Gasteiger partial charge >= 0.3 is 0 Å². The number of hydrogen-bond donors (Lipinski definition) is 2. The van der Waals surface area contributed by atoms with Crippen molar-refractivity contribution < 1.29 is 33.1 Å². The zero-order valence-electron chi connectivity index (χ0n) is 39.0. The Morgan fingerprint density at radius 3 is 2.37 bits per heavy atom. The fraction of sp³-hybridized carbons (Fsp3) is 0.471. The molecule has 1 aromatic heterocycles. The molecule has 5 amide bonds. The molecule has 4 aliphatic heterocycles. The molecule has 2 atom stereocenters. The second-order valence-corrected chi connectivity index (χ2v) is 20.3. The van der Waals surface area contributed by atoms with Crippen LogP contribution in [0.25, 0.3) is 15.7 Å². The summed E-state index contributed by atoms with van der Waals surface area (Å²) in [7, 11) is 4.12. The van der Waals surface area contributed by atoms with Crippen molar-refractivity contribution in [1.29, 1.82) is 0 Å². The quantitative estimate of drug-likeness (QED) is 0.137. The van der Waals surface area contributed by atoms with Crippen LogP contribution in [0.3, 0.4) is 0 Å². The number of carbonyl (C=O) groups excluding carboxylic acids is 5. The molecule has 4 fully saturated rings. The van der Waals surface area contributed by atoms with Gasteiger partial charge < -0.3 is 24.8 Å². The number of amides is 5. The molecule has 2 N–H and O–H groups in total. The zero-order valence-corrected chi connectivity index (χ0v) is 39.0. The average molecular weight is 912 g/mol. The first-order chi connectivity index (χ1) is 32.0. The minimum Gasteiger partial charge on any atom is -0.489 e. The Morgan fingerprint density at radius 1 is 0.925 bits per heavy atom. The van der Waals surface area contributed by atoms with E-state index in [-0.39, 0.29) is 53.6 Å². The van der Waals surface area contributed by atoms with Gasteiger partial charge in [0.1, 0.15) is 23.7 Å². The largest absolute Gasteiger partial charge is 0.489 e. The predicted molar refractivity (Wildman–Crippen MR) is 252 cm³/mol. The fourth-order valence-electron chi connectivity index (χ4n) is 11.7. The van der Waals surface area contributed by atoms with Crippen molar-refractivity contribution in [3.05, 3.63) is 101 Å². The normalized spacial score (nSPS) is 24.1. The number of anilines is 2. The Balaban J connectivity index is 0.791. The number of rotatable bonds is 11. The predicted octanol–water partition coefficient (Wildman–Crippen LogP) is 5.91. The first-order valence-electron chi connectivity index (χ1n) is 23.2. The number of likely N-dealkylation sites (N-methyl/N-ethyl adjacent to an activating group) is 1. The lowest BCUT2D eigenvalue weighted by Gasteiger charge is -2.63. The van der Waals surface area contributed by atoms with Crippen molar-refractivity contribution >= 4 is 57.5 Å². The lowest BCUT2D eigenvalue weighted by Crippen LogP contribution is -2.74. The van der Waals surface area contributed by atoms with E-state index >= 15 is 4.39 Å². The number of fused-ring (bicyclic) bond motifs is 2. The molecule has 350 valence electrons. The Labute approximate surface area is 390 Å². The van der Waals surface area contributed by atoms with Crippen molar-refractivity contribution in [1.82, 2.24) is 30.3 Å². The number of hydrogen-bond acceptors (Lipinski definition) is 11. The van der Waals surface area contributed by atoms with Crippen LogP contribution in [0, 0.1) is 29.1 Å². The molecule has 15 nitrogen and oxygen atoms in total. The topological polar surface area (TPSA) is 152 Å². The van der Waals surface area contributed by atoms with E-state index in [1.807, 2.05) is 24.3 Å². The summed E-state index contributed by atoms with van der Waals surface area (Å²) >= 11 is 0. The first-order valence-corrected chi connectivity index (χ1v) is 23.2. The summed E-state index contributed by atoms with van der Waals surface area (Å²) in [5.41, 5.74) is 2.26. The van der Waals surface area contributed by atoms with Gasteiger partial charge in [-0.25, -0.2) is 9.24 Å². The highest BCUT2D eigenvalue weighted by Crippen LogP contribution is 2.56. The molecule has 9 rings (SSSR count). The van der Waals surface area contributed by atoms with Crippen LogP contribution in [0.1, 0.15) is 84.5 Å². The molecule has 67 heavy (non-hydrogen) atoms. The Hall–Kier alpha value is -6.44. The number of nitrogens with one attached hydrogen (secondary N) is 2. The van der Waals surface area contributed by atoms with E-state index in [1.165, 1.54) is 6.07 Å². The van der Waals surface area contributed by atoms with E-state index in [0.717, 1.165) is 61.5 Å². The van der Waals surface area contributed by atoms with Crippen LogP contribution in [-0.2, 0) is 9.59 Å². The number of carbonyl (C=O) groups is 5. The third-order valence-electron chi connectivity index (χ3n) is 14.8. The van der Waals surface area contributed by atoms with E-state index < -0.39 is 46.3 Å². The highest BCUT2D eigenvalue weighted by atomic mass is 19.1. The van der Waals surface area contributed by atoms with Gasteiger partial charge in [-0.05, 0) is 93.9 Å². The van der Waals surface area contributed by atoms with Crippen LogP contribution < -0.4 is 25.2 Å². The Morgan fingerprint density at radius 2 is 1.67 bits per heavy atom. The van der Waals surface area contributed by atoms with Crippen LogP contribution in [0.4, 0.5) is 21.5 Å². The van der Waals surface area contributed by atoms with Crippen LogP contribution >= 0.6 is 0 Å². The van der Waals surface area contributed by atoms with Gasteiger partial charge in [-0.3, -0.25) is 44.1 Å². The molecule has 3 aromatic carbocycles. The maximum Gasteiger partial charge on any atom is 0.262 e. The number of halogens is 1. The minimum absolute atomic E-state index is 0.0686. The lowest BCUT2D eigenvalue weighted by molar-refractivity contribution is -0.163. The highest BCUT2D eigenvalue weighted by molar-refractivity contribution is 6.23. The van der Waals surface area contributed by atoms with E-state index in [1.54, 1.807) is 36.5 Å². The summed E-state index contributed by atoms with van der Waals surface area (Å²) in [4.78, 5) is 83.0. The summed E-state index contributed by atoms with van der Waals surface area (Å²) in [6.45, 7) is 21.2. The molecule has 0 radical (unpaired) electrons. The first kappa shape index (κ1) is 45.7. The van der Waals surface area contributed by atoms with Gasteiger partial charge in [-0.1, -0.05) is 33.8 Å². The van der Waals surface area contributed by atoms with Gasteiger partial charge in [0, 0.05) is 98.0 Å². The third kappa shape index (κ3) is 8.37. The molecule has 5 heterocycles. The molecule has 4 aromatic rings. The lowest BCUT2D eigenvalue weighted by atomic mass is 9.49. The second kappa shape index (κ2) is 17.7. The monoisotopic (exact) mass is 911 g/mol. The van der Waals surface area contributed by atoms with Gasteiger partial charge in [0.15, 0.2) is 0 Å². The van der Waals surface area contributed by atoms with E-state index in [4.69, 9.17) is 11.3 Å². The summed E-state index contributed by atoms with van der Waals surface area (Å²) in [6, 6.07) is 16.3. The van der Waals surface area contributed by atoms with Crippen LogP contribution in [-0.4, -0.2) is 133 Å². The molecule has 1 aliphatic carbocycles. The van der Waals surface area contributed by atoms with E-state index in [9.17, 15) is 24.0 Å². The molecule has 0 spiro atoms. The number of benzene rings is 3. The van der Waals surface area contributed by atoms with Gasteiger partial charge in [-0.2, -0.15) is 0 Å². The fourth-order valence-corrected chi connectivity index (χ4v) is 11.7. The number of piperidine rings is 2. The van der Waals surface area contributed by atoms with Crippen LogP contribution in [0.15, 0.2) is 66.9 Å². The molecule has 0 bridgehead atoms. The number of ether oxygens (including phenoxy) is 1. The molecule has 1 saturated carbocycles. The number of aromatic nitrogens is 1. The summed E-state index contributed by atoms with van der Waals surface area (Å²) in [5.74, 6) is -1.78. The summed E-state index contributed by atoms with van der Waals surface area (Å²) < 4.78 is 22.6. The van der Waals surface area contributed by atoms with Crippen molar-refractivity contribution in [2.75, 3.05) is 69.7 Å². The Kier molecular flexibility index (Phi) is 12.0. The maximum absolute atomic E-state index is 15.9. The summed E-state index contributed by atoms with van der Waals surface area (Å²) in [6.07, 6.45) is 3.37. The smallest absolute Gasteiger partial charge is 0.262 e. The average Bonchev–Trinajstić information content (AvgIpc) is 3.55. The maximum atomic E-state index is 15.9. The van der Waals surface area contributed by atoms with Crippen molar-refractivity contribution in [3.8, 4) is 5.75 Å². The second-order valence-electron chi connectivity index (χ2n) is 20.3. The summed E-state index contributed by atoms with van der Waals surface area (Å²) in [5, 5.41) is 6.21. The van der Waals surface area contributed by atoms with Crippen molar-refractivity contribution in [3.63, 3.8) is 0 Å². The number of piperazine rings is 1. The number of nitrogens with zero attached hydrogens (tertiary/aromatic N) is 7. The number of pyridine rings is 1. The SMILES string of the molecule is [C-]#[N+]c1ccc(OC2C(C)(C)C(NC(=O)c3ccc(N4CCC(CN5CCN(c6ccc7c(c6)C(=O)N(C6CCC(=O)NC6=O)C7=O)C[C@@H]5CN(C)C)CC4)c(F)c3)C2(C)C)c2cccnc12. The van der Waals surface area contributed by atoms with Gasteiger partial charge in [0.2, 0.25) is 17.5 Å². The third-order valence-corrected chi connectivity index (χ3v) is 14.8. The molecular weight excluding hydrogens is 854 g/mol. The van der Waals surface area contributed by atoms with E-state index in [2.05, 4.69) is 81.9 Å². The molecule has 1 unspecified atom stereocenters. The van der Waals surface area contributed by atoms with E-state index in [0.29, 0.717) is 41.6 Å². The minimum atomic E-state index is -1.01. The molecule has 16 heteroatoms. The van der Waals surface area contributed by atoms with Crippen molar-refractivity contribution in [2.24, 2.45) is 16.7 Å². The van der Waals surface area contributed by atoms with Crippen LogP contribution in [0.5, 0.6) is 5.75 Å². The van der Waals surface area contributed by atoms with Gasteiger partial charge in [-0.15, -0.1) is 0 Å². The highest BCUT2D eigenvalue weighted by Gasteiger charge is 2.64. The zero-order chi connectivity index (χ0) is 47.5. The van der Waals surface area contributed by atoms with Crippen molar-refractivity contribution in [2.45, 2.75) is 77.6 Å². The molecule has 5 aliphatic rings. The van der Waals surface area contributed by atoms with Crippen LogP contribution in [0.2, 0.25) is 0 Å².